The van der Waals surface area contributed by atoms with Crippen molar-refractivity contribution in [3.63, 3.8) is 0 Å². The molecule has 1 saturated carbocycles. The van der Waals surface area contributed by atoms with Gasteiger partial charge in [-0.3, -0.25) is 4.79 Å². The van der Waals surface area contributed by atoms with Gasteiger partial charge in [0.2, 0.25) is 5.91 Å². The zero-order chi connectivity index (χ0) is 12.0. The van der Waals surface area contributed by atoms with Crippen LogP contribution in [0.25, 0.3) is 0 Å². The SMILES string of the molecule is CC(C)CNC(CC1CCCCC1)C(N)=O. The summed E-state index contributed by atoms with van der Waals surface area (Å²) >= 11 is 0. The summed E-state index contributed by atoms with van der Waals surface area (Å²) in [5.41, 5.74) is 5.44. The average molecular weight is 226 g/mol. The van der Waals surface area contributed by atoms with Crippen LogP contribution >= 0.6 is 0 Å². The van der Waals surface area contributed by atoms with Crippen molar-refractivity contribution in [3.05, 3.63) is 0 Å². The Kier molecular flexibility index (Phi) is 5.81. The van der Waals surface area contributed by atoms with E-state index in [9.17, 15) is 4.79 Å². The van der Waals surface area contributed by atoms with E-state index in [1.807, 2.05) is 0 Å². The fourth-order valence-electron chi connectivity index (χ4n) is 2.43. The van der Waals surface area contributed by atoms with Gasteiger partial charge in [-0.25, -0.2) is 0 Å². The minimum Gasteiger partial charge on any atom is -0.368 e. The zero-order valence-electron chi connectivity index (χ0n) is 10.7. The van der Waals surface area contributed by atoms with Crippen molar-refractivity contribution in [1.82, 2.24) is 5.32 Å². The second-order valence-electron chi connectivity index (χ2n) is 5.50. The van der Waals surface area contributed by atoms with Crippen molar-refractivity contribution in [3.8, 4) is 0 Å². The Bertz CT molecular complexity index is 210. The van der Waals surface area contributed by atoms with E-state index in [0.29, 0.717) is 11.8 Å². The molecule has 16 heavy (non-hydrogen) atoms. The quantitative estimate of drug-likeness (QED) is 0.728. The summed E-state index contributed by atoms with van der Waals surface area (Å²) in [4.78, 5) is 11.3. The van der Waals surface area contributed by atoms with Gasteiger partial charge in [0.1, 0.15) is 0 Å². The first-order valence-corrected chi connectivity index (χ1v) is 6.62. The highest BCUT2D eigenvalue weighted by Crippen LogP contribution is 2.27. The van der Waals surface area contributed by atoms with Crippen LogP contribution in [0, 0.1) is 11.8 Å². The minimum absolute atomic E-state index is 0.120. The maximum absolute atomic E-state index is 11.3. The standard InChI is InChI=1S/C13H26N2O/c1-10(2)9-15-12(13(14)16)8-11-6-4-3-5-7-11/h10-12,15H,3-9H2,1-2H3,(H2,14,16). The molecule has 0 aromatic heterocycles. The molecule has 1 unspecified atom stereocenters. The van der Waals surface area contributed by atoms with E-state index in [1.165, 1.54) is 32.1 Å². The number of amides is 1. The normalized spacial score (nSPS) is 19.9. The van der Waals surface area contributed by atoms with E-state index < -0.39 is 0 Å². The minimum atomic E-state index is -0.189. The summed E-state index contributed by atoms with van der Waals surface area (Å²) in [6, 6.07) is -0.120. The molecule has 3 nitrogen and oxygen atoms in total. The van der Waals surface area contributed by atoms with Crippen LogP contribution in [0.1, 0.15) is 52.4 Å². The van der Waals surface area contributed by atoms with Gasteiger partial charge in [0.05, 0.1) is 6.04 Å². The topological polar surface area (TPSA) is 55.1 Å². The summed E-state index contributed by atoms with van der Waals surface area (Å²) in [6.07, 6.45) is 7.47. The highest BCUT2D eigenvalue weighted by atomic mass is 16.1. The monoisotopic (exact) mass is 226 g/mol. The molecular formula is C13H26N2O. The predicted octanol–water partition coefficient (Wildman–Crippen LogP) is 2.06. The van der Waals surface area contributed by atoms with E-state index in [1.54, 1.807) is 0 Å². The molecular weight excluding hydrogens is 200 g/mol. The van der Waals surface area contributed by atoms with Crippen LogP contribution in [0.15, 0.2) is 0 Å². The maximum atomic E-state index is 11.3. The molecule has 1 amide bonds. The molecule has 0 aliphatic heterocycles. The van der Waals surface area contributed by atoms with Gasteiger partial charge < -0.3 is 11.1 Å². The van der Waals surface area contributed by atoms with Crippen LogP contribution in [-0.2, 0) is 4.79 Å². The first kappa shape index (κ1) is 13.5. The zero-order valence-corrected chi connectivity index (χ0v) is 10.7. The van der Waals surface area contributed by atoms with Crippen molar-refractivity contribution in [2.75, 3.05) is 6.54 Å². The fourth-order valence-corrected chi connectivity index (χ4v) is 2.43. The largest absolute Gasteiger partial charge is 0.368 e. The van der Waals surface area contributed by atoms with E-state index in [0.717, 1.165) is 13.0 Å². The van der Waals surface area contributed by atoms with Gasteiger partial charge in [-0.1, -0.05) is 46.0 Å². The summed E-state index contributed by atoms with van der Waals surface area (Å²) in [7, 11) is 0. The number of hydrogen-bond acceptors (Lipinski definition) is 2. The number of rotatable bonds is 6. The van der Waals surface area contributed by atoms with Crippen LogP contribution in [0.2, 0.25) is 0 Å². The lowest BCUT2D eigenvalue weighted by molar-refractivity contribution is -0.120. The molecule has 0 heterocycles. The lowest BCUT2D eigenvalue weighted by Gasteiger charge is -2.26. The molecule has 1 atom stereocenters. The van der Waals surface area contributed by atoms with Crippen molar-refractivity contribution < 1.29 is 4.79 Å². The maximum Gasteiger partial charge on any atom is 0.234 e. The van der Waals surface area contributed by atoms with Gasteiger partial charge in [0.15, 0.2) is 0 Å². The molecule has 0 radical (unpaired) electrons. The molecule has 0 aromatic rings. The van der Waals surface area contributed by atoms with Gasteiger partial charge in [-0.2, -0.15) is 0 Å². The Labute approximate surface area is 99.2 Å². The third kappa shape index (κ3) is 4.97. The Hall–Kier alpha value is -0.570. The first-order chi connectivity index (χ1) is 7.59. The second kappa shape index (κ2) is 6.89. The molecule has 3 N–H and O–H groups in total. The van der Waals surface area contributed by atoms with E-state index in [4.69, 9.17) is 5.73 Å². The number of carbonyl (C=O) groups excluding carboxylic acids is 1. The van der Waals surface area contributed by atoms with E-state index in [-0.39, 0.29) is 11.9 Å². The number of nitrogens with one attached hydrogen (secondary N) is 1. The lowest BCUT2D eigenvalue weighted by atomic mass is 9.84. The molecule has 0 bridgehead atoms. The van der Waals surface area contributed by atoms with Gasteiger partial charge >= 0.3 is 0 Å². The average Bonchev–Trinajstić information content (AvgIpc) is 2.25. The molecule has 0 saturated heterocycles. The van der Waals surface area contributed by atoms with Crippen LogP contribution in [0.3, 0.4) is 0 Å². The highest BCUT2D eigenvalue weighted by Gasteiger charge is 2.22. The Balaban J connectivity index is 2.34. The van der Waals surface area contributed by atoms with Crippen molar-refractivity contribution in [2.24, 2.45) is 17.6 Å². The van der Waals surface area contributed by atoms with Gasteiger partial charge in [-0.05, 0) is 24.8 Å². The van der Waals surface area contributed by atoms with Crippen LogP contribution in [0.4, 0.5) is 0 Å². The number of primary amides is 1. The molecule has 1 aliphatic carbocycles. The first-order valence-electron chi connectivity index (χ1n) is 6.62. The number of hydrogen-bond donors (Lipinski definition) is 2. The molecule has 3 heteroatoms. The third-order valence-corrected chi connectivity index (χ3v) is 3.41. The molecule has 1 fully saturated rings. The van der Waals surface area contributed by atoms with Crippen LogP contribution in [0.5, 0.6) is 0 Å². The molecule has 0 aromatic carbocycles. The summed E-state index contributed by atoms with van der Waals surface area (Å²) in [6.45, 7) is 5.16. The Morgan fingerprint density at radius 1 is 1.31 bits per heavy atom. The van der Waals surface area contributed by atoms with Crippen LogP contribution < -0.4 is 11.1 Å². The van der Waals surface area contributed by atoms with E-state index in [2.05, 4.69) is 19.2 Å². The fraction of sp³-hybridized carbons (Fsp3) is 0.923. The Morgan fingerprint density at radius 2 is 1.94 bits per heavy atom. The summed E-state index contributed by atoms with van der Waals surface area (Å²) in [5.74, 6) is 1.07. The van der Waals surface area contributed by atoms with E-state index >= 15 is 0 Å². The van der Waals surface area contributed by atoms with Gasteiger partial charge in [0, 0.05) is 0 Å². The molecule has 94 valence electrons. The summed E-state index contributed by atoms with van der Waals surface area (Å²) in [5, 5.41) is 3.29. The summed E-state index contributed by atoms with van der Waals surface area (Å²) < 4.78 is 0. The highest BCUT2D eigenvalue weighted by molar-refractivity contribution is 5.79. The smallest absolute Gasteiger partial charge is 0.234 e. The number of carbonyl (C=O) groups is 1. The van der Waals surface area contributed by atoms with Crippen molar-refractivity contribution >= 4 is 5.91 Å². The van der Waals surface area contributed by atoms with Crippen molar-refractivity contribution in [2.45, 2.75) is 58.4 Å². The predicted molar refractivity (Wildman–Crippen MR) is 67.0 cm³/mol. The molecule has 1 aliphatic rings. The van der Waals surface area contributed by atoms with Gasteiger partial charge in [-0.15, -0.1) is 0 Å². The lowest BCUT2D eigenvalue weighted by Crippen LogP contribution is -2.44. The third-order valence-electron chi connectivity index (χ3n) is 3.41. The van der Waals surface area contributed by atoms with Crippen LogP contribution in [-0.4, -0.2) is 18.5 Å². The Morgan fingerprint density at radius 3 is 2.44 bits per heavy atom. The van der Waals surface area contributed by atoms with Crippen molar-refractivity contribution in [1.29, 1.82) is 0 Å². The number of nitrogens with two attached hydrogens (primary N) is 1. The molecule has 0 spiro atoms. The second-order valence-corrected chi connectivity index (χ2v) is 5.50. The molecule has 1 rings (SSSR count). The van der Waals surface area contributed by atoms with Gasteiger partial charge in [0.25, 0.3) is 0 Å².